The summed E-state index contributed by atoms with van der Waals surface area (Å²) in [5.41, 5.74) is 7.83. The normalized spacial score (nSPS) is 11.8. The first kappa shape index (κ1) is 26.6. The average molecular weight is 615 g/mol. The molecule has 0 radical (unpaired) electrons. The standard InChI is InChI=1S/C43H26N4O/c1-2-12-28(13-3-1)41-44-42(30-22-24-36-35-17-7-9-20-39(35)48-40(36)26-30)46-43(45-41)47-37-19-8-6-16-33(37)34-23-21-29(25-38(34)47)32-18-10-14-27-11-4-5-15-31(27)32/h1-26H. The maximum absolute atomic E-state index is 6.26. The first-order chi connectivity index (χ1) is 23.8. The molecule has 5 heteroatoms. The van der Waals surface area contributed by atoms with Crippen molar-refractivity contribution >= 4 is 54.5 Å². The minimum atomic E-state index is 0.560. The molecule has 0 amide bonds. The molecule has 0 aliphatic rings. The number of furan rings is 1. The SMILES string of the molecule is c1ccc(-c2nc(-c3ccc4c(c3)oc3ccccc34)nc(-n3c4ccccc4c4ccc(-c5cccc6ccccc56)cc43)n2)cc1. The predicted molar refractivity (Wildman–Crippen MR) is 195 cm³/mol. The Hall–Kier alpha value is -6.59. The molecule has 7 aromatic carbocycles. The van der Waals surface area contributed by atoms with E-state index in [0.717, 1.165) is 60.4 Å². The third-order valence-corrected chi connectivity index (χ3v) is 9.27. The van der Waals surface area contributed by atoms with Gasteiger partial charge < -0.3 is 4.42 Å². The summed E-state index contributed by atoms with van der Waals surface area (Å²) in [6, 6.07) is 54.6. The van der Waals surface area contributed by atoms with E-state index in [-0.39, 0.29) is 0 Å². The molecule has 0 aliphatic carbocycles. The highest BCUT2D eigenvalue weighted by atomic mass is 16.3. The molecular weight excluding hydrogens is 589 g/mol. The Balaban J connectivity index is 1.24. The van der Waals surface area contributed by atoms with Gasteiger partial charge in [0.2, 0.25) is 5.95 Å². The third-order valence-electron chi connectivity index (χ3n) is 9.27. The van der Waals surface area contributed by atoms with Crippen molar-refractivity contribution < 1.29 is 4.42 Å². The van der Waals surface area contributed by atoms with E-state index in [9.17, 15) is 0 Å². The number of hydrogen-bond acceptors (Lipinski definition) is 4. The van der Waals surface area contributed by atoms with E-state index in [1.54, 1.807) is 0 Å². The molecule has 0 N–H and O–H groups in total. The zero-order chi connectivity index (χ0) is 31.6. The van der Waals surface area contributed by atoms with Crippen LogP contribution in [0, 0.1) is 0 Å². The smallest absolute Gasteiger partial charge is 0.238 e. The third kappa shape index (κ3) is 4.15. The van der Waals surface area contributed by atoms with Crippen LogP contribution in [-0.2, 0) is 0 Å². The topological polar surface area (TPSA) is 56.7 Å². The second kappa shape index (κ2) is 10.5. The molecule has 3 aromatic heterocycles. The second-order valence-corrected chi connectivity index (χ2v) is 12.1. The van der Waals surface area contributed by atoms with Crippen molar-refractivity contribution in [1.29, 1.82) is 0 Å². The maximum Gasteiger partial charge on any atom is 0.238 e. The summed E-state index contributed by atoms with van der Waals surface area (Å²) in [6.07, 6.45) is 0. The molecule has 3 heterocycles. The molecule has 0 unspecified atom stereocenters. The van der Waals surface area contributed by atoms with Crippen LogP contribution < -0.4 is 0 Å². The van der Waals surface area contributed by atoms with Crippen LogP contribution in [-0.4, -0.2) is 19.5 Å². The average Bonchev–Trinajstić information content (AvgIpc) is 3.70. The summed E-state index contributed by atoms with van der Waals surface area (Å²) >= 11 is 0. The summed E-state index contributed by atoms with van der Waals surface area (Å²) in [4.78, 5) is 15.3. The van der Waals surface area contributed by atoms with Crippen LogP contribution in [0.3, 0.4) is 0 Å². The van der Waals surface area contributed by atoms with Gasteiger partial charge in [-0.25, -0.2) is 4.98 Å². The lowest BCUT2D eigenvalue weighted by molar-refractivity contribution is 0.669. The Bertz CT molecular complexity index is 2840. The Kier molecular flexibility index (Phi) is 5.81. The fraction of sp³-hybridized carbons (Fsp3) is 0. The van der Waals surface area contributed by atoms with Crippen LogP contribution >= 0.6 is 0 Å². The van der Waals surface area contributed by atoms with Gasteiger partial charge in [0.25, 0.3) is 0 Å². The van der Waals surface area contributed by atoms with Crippen molar-refractivity contribution in [3.63, 3.8) is 0 Å². The lowest BCUT2D eigenvalue weighted by Crippen LogP contribution is -2.06. The van der Waals surface area contributed by atoms with Gasteiger partial charge in [0.15, 0.2) is 11.6 Å². The zero-order valence-electron chi connectivity index (χ0n) is 25.7. The molecule has 0 saturated carbocycles. The van der Waals surface area contributed by atoms with E-state index in [1.165, 1.54) is 16.3 Å². The molecule has 0 bridgehead atoms. The van der Waals surface area contributed by atoms with Gasteiger partial charge in [0, 0.05) is 32.7 Å². The minimum absolute atomic E-state index is 0.560. The van der Waals surface area contributed by atoms with Gasteiger partial charge in [-0.05, 0) is 52.2 Å². The molecule has 0 fully saturated rings. The van der Waals surface area contributed by atoms with Gasteiger partial charge in [-0.15, -0.1) is 0 Å². The molecular formula is C43H26N4O. The summed E-state index contributed by atoms with van der Waals surface area (Å²) in [5, 5.41) is 6.87. The van der Waals surface area contributed by atoms with Crippen molar-refractivity contribution in [2.45, 2.75) is 0 Å². The predicted octanol–water partition coefficient (Wildman–Crippen LogP) is 11.0. The summed E-state index contributed by atoms with van der Waals surface area (Å²) in [7, 11) is 0. The number of fused-ring (bicyclic) bond motifs is 7. The van der Waals surface area contributed by atoms with Gasteiger partial charge in [-0.3, -0.25) is 4.57 Å². The van der Waals surface area contributed by atoms with Gasteiger partial charge in [-0.1, -0.05) is 127 Å². The maximum atomic E-state index is 6.26. The molecule has 10 aromatic rings. The molecule has 0 saturated heterocycles. The van der Waals surface area contributed by atoms with Crippen LogP contribution in [0.15, 0.2) is 162 Å². The fourth-order valence-electron chi connectivity index (χ4n) is 7.01. The number of aromatic nitrogens is 4. The van der Waals surface area contributed by atoms with Crippen LogP contribution in [0.4, 0.5) is 0 Å². The first-order valence-corrected chi connectivity index (χ1v) is 16.0. The number of nitrogens with zero attached hydrogens (tertiary/aromatic N) is 4. The van der Waals surface area contributed by atoms with Crippen LogP contribution in [0.25, 0.3) is 94.4 Å². The quantitative estimate of drug-likeness (QED) is 0.198. The van der Waals surface area contributed by atoms with E-state index in [2.05, 4.69) is 108 Å². The Morgan fingerprint density at radius 1 is 0.396 bits per heavy atom. The van der Waals surface area contributed by atoms with E-state index in [4.69, 9.17) is 19.4 Å². The van der Waals surface area contributed by atoms with Crippen LogP contribution in [0.5, 0.6) is 0 Å². The van der Waals surface area contributed by atoms with E-state index < -0.39 is 0 Å². The largest absolute Gasteiger partial charge is 0.456 e. The number of para-hydroxylation sites is 2. The summed E-state index contributed by atoms with van der Waals surface area (Å²) in [5.74, 6) is 1.75. The Morgan fingerprint density at radius 2 is 1.04 bits per heavy atom. The summed E-state index contributed by atoms with van der Waals surface area (Å²) in [6.45, 7) is 0. The van der Waals surface area contributed by atoms with E-state index in [1.807, 2.05) is 54.6 Å². The molecule has 5 nitrogen and oxygen atoms in total. The van der Waals surface area contributed by atoms with Crippen molar-refractivity contribution in [3.8, 4) is 39.9 Å². The van der Waals surface area contributed by atoms with Gasteiger partial charge in [0.05, 0.1) is 11.0 Å². The first-order valence-electron chi connectivity index (χ1n) is 16.0. The van der Waals surface area contributed by atoms with Crippen LogP contribution in [0.2, 0.25) is 0 Å². The van der Waals surface area contributed by atoms with E-state index in [0.29, 0.717) is 17.6 Å². The monoisotopic (exact) mass is 614 g/mol. The molecule has 224 valence electrons. The van der Waals surface area contributed by atoms with E-state index >= 15 is 0 Å². The lowest BCUT2D eigenvalue weighted by atomic mass is 9.97. The Labute approximate surface area is 275 Å². The van der Waals surface area contributed by atoms with Gasteiger partial charge in [0.1, 0.15) is 11.2 Å². The number of rotatable bonds is 4. The molecule has 0 aliphatic heterocycles. The minimum Gasteiger partial charge on any atom is -0.456 e. The second-order valence-electron chi connectivity index (χ2n) is 12.1. The molecule has 48 heavy (non-hydrogen) atoms. The lowest BCUT2D eigenvalue weighted by Gasteiger charge is -2.12. The van der Waals surface area contributed by atoms with Crippen molar-refractivity contribution in [1.82, 2.24) is 19.5 Å². The molecule has 10 rings (SSSR count). The summed E-state index contributed by atoms with van der Waals surface area (Å²) < 4.78 is 8.43. The van der Waals surface area contributed by atoms with Gasteiger partial charge in [-0.2, -0.15) is 9.97 Å². The fourth-order valence-corrected chi connectivity index (χ4v) is 7.01. The zero-order valence-corrected chi connectivity index (χ0v) is 25.7. The van der Waals surface area contributed by atoms with Crippen LogP contribution in [0.1, 0.15) is 0 Å². The Morgan fingerprint density at radius 3 is 1.94 bits per heavy atom. The van der Waals surface area contributed by atoms with Crippen molar-refractivity contribution in [2.24, 2.45) is 0 Å². The molecule has 0 spiro atoms. The highest BCUT2D eigenvalue weighted by Gasteiger charge is 2.19. The highest BCUT2D eigenvalue weighted by Crippen LogP contribution is 2.37. The molecule has 0 atom stereocenters. The van der Waals surface area contributed by atoms with Gasteiger partial charge >= 0.3 is 0 Å². The van der Waals surface area contributed by atoms with Crippen molar-refractivity contribution in [2.75, 3.05) is 0 Å². The van der Waals surface area contributed by atoms with Crippen molar-refractivity contribution in [3.05, 3.63) is 158 Å². The highest BCUT2D eigenvalue weighted by molar-refractivity contribution is 6.11. The number of benzene rings is 7. The number of hydrogen-bond donors (Lipinski definition) is 0.